The maximum Gasteiger partial charge on any atom is 0.339 e. The van der Waals surface area contributed by atoms with E-state index < -0.39 is 5.97 Å². The topological polar surface area (TPSA) is 74.8 Å². The van der Waals surface area contributed by atoms with Crippen molar-refractivity contribution in [3.05, 3.63) is 41.6 Å². The number of aromatic carboxylic acids is 1. The highest BCUT2D eigenvalue weighted by Gasteiger charge is 2.19. The highest BCUT2D eigenvalue weighted by Crippen LogP contribution is 2.31. The summed E-state index contributed by atoms with van der Waals surface area (Å²) in [6.45, 7) is 1.63. The van der Waals surface area contributed by atoms with Gasteiger partial charge < -0.3 is 10.2 Å². The smallest absolute Gasteiger partial charge is 0.339 e. The molecule has 0 saturated carbocycles. The van der Waals surface area contributed by atoms with Crippen molar-refractivity contribution in [2.24, 2.45) is 0 Å². The number of benzene rings is 1. The third-order valence-corrected chi connectivity index (χ3v) is 2.99. The van der Waals surface area contributed by atoms with Crippen LogP contribution in [-0.2, 0) is 0 Å². The van der Waals surface area contributed by atoms with Gasteiger partial charge in [0.15, 0.2) is 5.75 Å². The molecule has 0 unspecified atom stereocenters. The van der Waals surface area contributed by atoms with Gasteiger partial charge in [0.25, 0.3) is 0 Å². The number of fused-ring (bicyclic) bond motifs is 3. The Morgan fingerprint density at radius 3 is 2.78 bits per heavy atom. The van der Waals surface area contributed by atoms with Crippen LogP contribution in [0.5, 0.6) is 5.75 Å². The zero-order valence-corrected chi connectivity index (χ0v) is 9.58. The number of hydrogen-bond donors (Lipinski definition) is 2. The molecule has 18 heavy (non-hydrogen) atoms. The maximum absolute atomic E-state index is 11.2. The summed E-state index contributed by atoms with van der Waals surface area (Å²) >= 11 is 0. The first kappa shape index (κ1) is 10.6. The predicted molar refractivity (Wildman–Crippen MR) is 66.1 cm³/mol. The summed E-state index contributed by atoms with van der Waals surface area (Å²) in [4.78, 5) is 11.2. The Labute approximate surface area is 102 Å². The summed E-state index contributed by atoms with van der Waals surface area (Å²) in [5.41, 5.74) is 1.54. The van der Waals surface area contributed by atoms with Crippen LogP contribution in [0.2, 0.25) is 0 Å². The first-order valence-electron chi connectivity index (χ1n) is 5.42. The van der Waals surface area contributed by atoms with Crippen LogP contribution < -0.4 is 0 Å². The number of aryl methyl sites for hydroxylation is 1. The number of carboxylic acid groups (broad SMARTS) is 1. The maximum atomic E-state index is 11.2. The number of carboxylic acids is 1. The van der Waals surface area contributed by atoms with Gasteiger partial charge in [-0.25, -0.2) is 9.31 Å². The van der Waals surface area contributed by atoms with Crippen LogP contribution in [0.15, 0.2) is 30.5 Å². The minimum Gasteiger partial charge on any atom is -0.505 e. The van der Waals surface area contributed by atoms with Gasteiger partial charge >= 0.3 is 5.97 Å². The van der Waals surface area contributed by atoms with Crippen LogP contribution in [0.3, 0.4) is 0 Å². The molecule has 0 saturated heterocycles. The van der Waals surface area contributed by atoms with Crippen LogP contribution in [0.4, 0.5) is 0 Å². The Kier molecular flexibility index (Phi) is 2.04. The summed E-state index contributed by atoms with van der Waals surface area (Å²) in [5, 5.41) is 24.3. The fourth-order valence-corrected chi connectivity index (χ4v) is 2.20. The molecule has 2 aromatic heterocycles. The number of nitrogens with zero attached hydrogens (tertiary/aromatic N) is 2. The summed E-state index contributed by atoms with van der Waals surface area (Å²) in [5.74, 6) is -1.38. The van der Waals surface area contributed by atoms with Gasteiger partial charge in [-0.15, -0.1) is 0 Å². The Balaban J connectivity index is 2.56. The highest BCUT2D eigenvalue weighted by molar-refractivity contribution is 6.03. The largest absolute Gasteiger partial charge is 0.505 e. The third-order valence-electron chi connectivity index (χ3n) is 2.99. The highest BCUT2D eigenvalue weighted by atomic mass is 16.4. The standard InChI is InChI=1S/C13H10N2O3/c1-7-6-15-11(12(16)10(7)13(17)18)8-4-2-3-5-9(8)14-15/h2-6,16H,1H3,(H,17,18). The van der Waals surface area contributed by atoms with Crippen molar-refractivity contribution < 1.29 is 15.0 Å². The van der Waals surface area contributed by atoms with Gasteiger partial charge in [0.1, 0.15) is 11.1 Å². The van der Waals surface area contributed by atoms with E-state index >= 15 is 0 Å². The van der Waals surface area contributed by atoms with Gasteiger partial charge in [-0.3, -0.25) is 0 Å². The average molecular weight is 242 g/mol. The average Bonchev–Trinajstić information content (AvgIpc) is 2.66. The Morgan fingerprint density at radius 2 is 2.06 bits per heavy atom. The molecule has 0 aliphatic heterocycles. The molecular formula is C13H10N2O3. The molecule has 3 aromatic rings. The molecule has 2 N–H and O–H groups in total. The molecular weight excluding hydrogens is 232 g/mol. The van der Waals surface area contributed by atoms with E-state index in [1.165, 1.54) is 4.52 Å². The lowest BCUT2D eigenvalue weighted by Gasteiger charge is -2.05. The fraction of sp³-hybridized carbons (Fsp3) is 0.0769. The summed E-state index contributed by atoms with van der Waals surface area (Å²) < 4.78 is 1.52. The lowest BCUT2D eigenvalue weighted by molar-refractivity contribution is 0.0693. The number of aromatic hydroxyl groups is 1. The number of hydrogen-bond acceptors (Lipinski definition) is 3. The molecule has 1 aromatic carbocycles. The lowest BCUT2D eigenvalue weighted by Crippen LogP contribution is -2.03. The SMILES string of the molecule is Cc1cn2nc3ccccc3c2c(O)c1C(=O)O. The van der Waals surface area contributed by atoms with Gasteiger partial charge in [0, 0.05) is 11.6 Å². The van der Waals surface area contributed by atoms with Gasteiger partial charge in [0.2, 0.25) is 0 Å². The van der Waals surface area contributed by atoms with Gasteiger partial charge in [-0.1, -0.05) is 18.2 Å². The first-order chi connectivity index (χ1) is 8.59. The fourth-order valence-electron chi connectivity index (χ4n) is 2.20. The molecule has 0 atom stereocenters. The number of rotatable bonds is 1. The van der Waals surface area contributed by atoms with Crippen LogP contribution in [0.1, 0.15) is 15.9 Å². The second-order valence-electron chi connectivity index (χ2n) is 4.15. The number of carbonyl (C=O) groups is 1. The van der Waals surface area contributed by atoms with E-state index in [2.05, 4.69) is 5.10 Å². The van der Waals surface area contributed by atoms with Crippen molar-refractivity contribution in [1.29, 1.82) is 0 Å². The van der Waals surface area contributed by atoms with E-state index in [1.807, 2.05) is 18.2 Å². The quantitative estimate of drug-likeness (QED) is 0.686. The van der Waals surface area contributed by atoms with Crippen LogP contribution in [-0.4, -0.2) is 25.8 Å². The van der Waals surface area contributed by atoms with Crippen LogP contribution in [0.25, 0.3) is 16.4 Å². The lowest BCUT2D eigenvalue weighted by atomic mass is 10.1. The normalized spacial score (nSPS) is 11.2. The van der Waals surface area contributed by atoms with E-state index in [9.17, 15) is 9.90 Å². The Morgan fingerprint density at radius 1 is 1.33 bits per heavy atom. The number of aromatic nitrogens is 2. The minimum absolute atomic E-state index is 0.0758. The summed E-state index contributed by atoms with van der Waals surface area (Å²) in [6, 6.07) is 7.29. The van der Waals surface area contributed by atoms with E-state index in [0.717, 1.165) is 10.9 Å². The summed E-state index contributed by atoms with van der Waals surface area (Å²) in [6.07, 6.45) is 1.61. The van der Waals surface area contributed by atoms with E-state index in [0.29, 0.717) is 11.1 Å². The molecule has 0 bridgehead atoms. The second kappa shape index (κ2) is 3.46. The van der Waals surface area contributed by atoms with E-state index in [4.69, 9.17) is 5.11 Å². The predicted octanol–water partition coefficient (Wildman–Crippen LogP) is 2.20. The second-order valence-corrected chi connectivity index (χ2v) is 4.15. The Hall–Kier alpha value is -2.56. The minimum atomic E-state index is -1.14. The number of pyridine rings is 1. The Bertz CT molecular complexity index is 790. The van der Waals surface area contributed by atoms with Crippen molar-refractivity contribution in [2.75, 3.05) is 0 Å². The van der Waals surface area contributed by atoms with Crippen molar-refractivity contribution in [1.82, 2.24) is 9.61 Å². The molecule has 0 spiro atoms. The molecule has 3 rings (SSSR count). The molecule has 90 valence electrons. The van der Waals surface area contributed by atoms with Crippen LogP contribution in [0, 0.1) is 6.92 Å². The molecule has 0 amide bonds. The molecule has 2 heterocycles. The van der Waals surface area contributed by atoms with Crippen LogP contribution >= 0.6 is 0 Å². The summed E-state index contributed by atoms with van der Waals surface area (Å²) in [7, 11) is 0. The van der Waals surface area contributed by atoms with Crippen molar-refractivity contribution in [3.63, 3.8) is 0 Å². The van der Waals surface area contributed by atoms with E-state index in [-0.39, 0.29) is 11.3 Å². The molecule has 5 heteroatoms. The molecule has 0 fully saturated rings. The monoisotopic (exact) mass is 242 g/mol. The first-order valence-corrected chi connectivity index (χ1v) is 5.42. The molecule has 0 radical (unpaired) electrons. The molecule has 0 aliphatic carbocycles. The third kappa shape index (κ3) is 1.27. The van der Waals surface area contributed by atoms with Crippen molar-refractivity contribution in [2.45, 2.75) is 6.92 Å². The molecule has 0 aliphatic rings. The zero-order valence-electron chi connectivity index (χ0n) is 9.58. The van der Waals surface area contributed by atoms with Gasteiger partial charge in [-0.05, 0) is 18.6 Å². The molecule has 5 nitrogen and oxygen atoms in total. The van der Waals surface area contributed by atoms with Gasteiger partial charge in [0.05, 0.1) is 5.52 Å². The van der Waals surface area contributed by atoms with Crippen molar-refractivity contribution in [3.8, 4) is 5.75 Å². The van der Waals surface area contributed by atoms with Crippen molar-refractivity contribution >= 4 is 22.4 Å². The van der Waals surface area contributed by atoms with Gasteiger partial charge in [-0.2, -0.15) is 5.10 Å². The zero-order chi connectivity index (χ0) is 12.9. The van der Waals surface area contributed by atoms with E-state index in [1.54, 1.807) is 19.2 Å².